The van der Waals surface area contributed by atoms with Crippen molar-refractivity contribution in [2.75, 3.05) is 26.7 Å². The van der Waals surface area contributed by atoms with Gasteiger partial charge in [0.25, 0.3) is 0 Å². The fraction of sp³-hybridized carbons (Fsp3) is 0.462. The fourth-order valence-electron chi connectivity index (χ4n) is 2.31. The van der Waals surface area contributed by atoms with Gasteiger partial charge in [0.1, 0.15) is 15.8 Å². The van der Waals surface area contributed by atoms with Gasteiger partial charge in [-0.15, -0.1) is 11.3 Å². The topological polar surface area (TPSA) is 49.3 Å². The molecule has 0 atom stereocenters. The van der Waals surface area contributed by atoms with Crippen LogP contribution in [0.15, 0.2) is 11.4 Å². The van der Waals surface area contributed by atoms with E-state index in [4.69, 9.17) is 11.6 Å². The van der Waals surface area contributed by atoms with Crippen LogP contribution in [-0.2, 0) is 11.3 Å². The van der Waals surface area contributed by atoms with Gasteiger partial charge in [-0.3, -0.25) is 9.69 Å². The van der Waals surface area contributed by atoms with E-state index in [1.54, 1.807) is 16.2 Å². The van der Waals surface area contributed by atoms with Gasteiger partial charge < -0.3 is 4.90 Å². The number of nitrogens with zero attached hydrogens (tertiary/aromatic N) is 4. The van der Waals surface area contributed by atoms with Crippen LogP contribution in [0.2, 0.25) is 5.15 Å². The van der Waals surface area contributed by atoms with Gasteiger partial charge in [-0.25, -0.2) is 9.97 Å². The molecule has 1 amide bonds. The standard InChI is InChI=1S/C13H15ClN4OS/c1-17-4-2-5-18(8-11(17)19)7-10-15-12(14)9-3-6-20-13(9)16-10/h3,6H,2,4-5,7-8H2,1H3. The molecule has 0 spiro atoms. The second-order valence-electron chi connectivity index (χ2n) is 4.95. The van der Waals surface area contributed by atoms with Crippen molar-refractivity contribution in [2.45, 2.75) is 13.0 Å². The van der Waals surface area contributed by atoms with Crippen LogP contribution in [0.5, 0.6) is 0 Å². The molecule has 0 saturated carbocycles. The Balaban J connectivity index is 1.80. The van der Waals surface area contributed by atoms with Crippen molar-refractivity contribution >= 4 is 39.1 Å². The molecule has 106 valence electrons. The molecule has 1 fully saturated rings. The van der Waals surface area contributed by atoms with Crippen LogP contribution >= 0.6 is 22.9 Å². The molecule has 0 bridgehead atoms. The van der Waals surface area contributed by atoms with Gasteiger partial charge >= 0.3 is 0 Å². The average molecular weight is 311 g/mol. The molecule has 0 radical (unpaired) electrons. The molecule has 0 aromatic carbocycles. The highest BCUT2D eigenvalue weighted by Crippen LogP contribution is 2.25. The van der Waals surface area contributed by atoms with E-state index in [1.807, 2.05) is 18.5 Å². The summed E-state index contributed by atoms with van der Waals surface area (Å²) in [7, 11) is 1.84. The Kier molecular flexibility index (Phi) is 3.87. The number of aromatic nitrogens is 2. The smallest absolute Gasteiger partial charge is 0.236 e. The lowest BCUT2D eigenvalue weighted by Crippen LogP contribution is -2.34. The Hall–Kier alpha value is -1.24. The number of halogens is 1. The molecule has 20 heavy (non-hydrogen) atoms. The molecule has 3 rings (SSSR count). The van der Waals surface area contributed by atoms with Crippen molar-refractivity contribution in [3.05, 3.63) is 22.4 Å². The van der Waals surface area contributed by atoms with E-state index < -0.39 is 0 Å². The molecular weight excluding hydrogens is 296 g/mol. The SMILES string of the molecule is CN1CCCN(Cc2nc(Cl)c3ccsc3n2)CC1=O. The maximum atomic E-state index is 11.9. The molecule has 1 saturated heterocycles. The first kappa shape index (κ1) is 13.7. The Morgan fingerprint density at radius 1 is 1.40 bits per heavy atom. The lowest BCUT2D eigenvalue weighted by Gasteiger charge is -2.18. The molecule has 2 aromatic rings. The molecule has 1 aliphatic heterocycles. The molecular formula is C13H15ClN4OS. The molecule has 3 heterocycles. The molecule has 0 unspecified atom stereocenters. The molecule has 1 aliphatic rings. The molecule has 2 aromatic heterocycles. The van der Waals surface area contributed by atoms with E-state index in [0.29, 0.717) is 24.1 Å². The lowest BCUT2D eigenvalue weighted by atomic mass is 10.3. The third-order valence-corrected chi connectivity index (χ3v) is 4.54. The summed E-state index contributed by atoms with van der Waals surface area (Å²) in [6.07, 6.45) is 0.969. The number of amides is 1. The van der Waals surface area contributed by atoms with Crippen molar-refractivity contribution in [3.63, 3.8) is 0 Å². The first-order valence-corrected chi connectivity index (χ1v) is 7.75. The van der Waals surface area contributed by atoms with Crippen molar-refractivity contribution < 1.29 is 4.79 Å². The van der Waals surface area contributed by atoms with Gasteiger partial charge in [0, 0.05) is 25.5 Å². The first-order valence-electron chi connectivity index (χ1n) is 6.49. The summed E-state index contributed by atoms with van der Waals surface area (Å²) in [4.78, 5) is 25.5. The number of thiophene rings is 1. The van der Waals surface area contributed by atoms with Gasteiger partial charge in [0.2, 0.25) is 5.91 Å². The maximum Gasteiger partial charge on any atom is 0.236 e. The number of fused-ring (bicyclic) bond motifs is 1. The number of likely N-dealkylation sites (N-methyl/N-ethyl adjacent to an activating group) is 1. The van der Waals surface area contributed by atoms with Crippen molar-refractivity contribution in [2.24, 2.45) is 0 Å². The third-order valence-electron chi connectivity index (χ3n) is 3.44. The highest BCUT2D eigenvalue weighted by Gasteiger charge is 2.20. The molecule has 7 heteroatoms. The minimum Gasteiger partial charge on any atom is -0.345 e. The Morgan fingerprint density at radius 3 is 3.10 bits per heavy atom. The van der Waals surface area contributed by atoms with Gasteiger partial charge in [-0.1, -0.05) is 11.6 Å². The normalized spacial score (nSPS) is 17.7. The van der Waals surface area contributed by atoms with Crippen LogP contribution < -0.4 is 0 Å². The summed E-state index contributed by atoms with van der Waals surface area (Å²) in [6.45, 7) is 2.66. The number of hydrogen-bond donors (Lipinski definition) is 0. The number of rotatable bonds is 2. The minimum atomic E-state index is 0.144. The summed E-state index contributed by atoms with van der Waals surface area (Å²) in [5.74, 6) is 0.827. The summed E-state index contributed by atoms with van der Waals surface area (Å²) in [5.41, 5.74) is 0. The van der Waals surface area contributed by atoms with E-state index in [2.05, 4.69) is 14.9 Å². The van der Waals surface area contributed by atoms with E-state index in [9.17, 15) is 4.79 Å². The van der Waals surface area contributed by atoms with Crippen LogP contribution in [0.1, 0.15) is 12.2 Å². The molecule has 0 aliphatic carbocycles. The van der Waals surface area contributed by atoms with Crippen LogP contribution in [0.4, 0.5) is 0 Å². The third kappa shape index (κ3) is 2.77. The quantitative estimate of drug-likeness (QED) is 0.796. The summed E-state index contributed by atoms with van der Waals surface area (Å²) in [5, 5.41) is 3.34. The van der Waals surface area contributed by atoms with Gasteiger partial charge in [0.05, 0.1) is 13.1 Å². The average Bonchev–Trinajstić information content (AvgIpc) is 2.81. The van der Waals surface area contributed by atoms with Gasteiger partial charge in [-0.2, -0.15) is 0 Å². The van der Waals surface area contributed by atoms with Crippen molar-refractivity contribution in [1.82, 2.24) is 19.8 Å². The van der Waals surface area contributed by atoms with Crippen LogP contribution in [0.25, 0.3) is 10.2 Å². The second kappa shape index (κ2) is 5.63. The number of hydrogen-bond acceptors (Lipinski definition) is 5. The zero-order valence-corrected chi connectivity index (χ0v) is 12.7. The summed E-state index contributed by atoms with van der Waals surface area (Å²) < 4.78 is 0. The fourth-order valence-corrected chi connectivity index (χ4v) is 3.40. The Bertz CT molecular complexity index is 644. The van der Waals surface area contributed by atoms with Crippen molar-refractivity contribution in [3.8, 4) is 0 Å². The monoisotopic (exact) mass is 310 g/mol. The largest absolute Gasteiger partial charge is 0.345 e. The first-order chi connectivity index (χ1) is 9.63. The summed E-state index contributed by atoms with van der Waals surface area (Å²) >= 11 is 7.72. The van der Waals surface area contributed by atoms with Crippen molar-refractivity contribution in [1.29, 1.82) is 0 Å². The molecule has 5 nitrogen and oxygen atoms in total. The Labute approximate surface area is 126 Å². The van der Waals surface area contributed by atoms with Crippen LogP contribution in [0, 0.1) is 0 Å². The Morgan fingerprint density at radius 2 is 2.25 bits per heavy atom. The van der Waals surface area contributed by atoms with E-state index in [0.717, 1.165) is 29.7 Å². The predicted octanol–water partition coefficient (Wildman–Crippen LogP) is 2.01. The van der Waals surface area contributed by atoms with E-state index >= 15 is 0 Å². The van der Waals surface area contributed by atoms with Gasteiger partial charge in [0.15, 0.2) is 0 Å². The minimum absolute atomic E-state index is 0.144. The van der Waals surface area contributed by atoms with Gasteiger partial charge in [-0.05, 0) is 17.9 Å². The highest BCUT2D eigenvalue weighted by atomic mass is 35.5. The highest BCUT2D eigenvalue weighted by molar-refractivity contribution is 7.16. The number of carbonyl (C=O) groups is 1. The zero-order chi connectivity index (χ0) is 14.1. The van der Waals surface area contributed by atoms with Crippen LogP contribution in [0.3, 0.4) is 0 Å². The molecule has 0 N–H and O–H groups in total. The zero-order valence-electron chi connectivity index (χ0n) is 11.2. The second-order valence-corrected chi connectivity index (χ2v) is 6.20. The van der Waals surface area contributed by atoms with Crippen LogP contribution in [-0.4, -0.2) is 52.4 Å². The lowest BCUT2D eigenvalue weighted by molar-refractivity contribution is -0.130. The summed E-state index contributed by atoms with van der Waals surface area (Å²) in [6, 6.07) is 1.93. The maximum absolute atomic E-state index is 11.9. The number of carbonyl (C=O) groups excluding carboxylic acids is 1. The van der Waals surface area contributed by atoms with E-state index in [1.165, 1.54) is 0 Å². The van der Waals surface area contributed by atoms with E-state index in [-0.39, 0.29) is 5.91 Å². The predicted molar refractivity (Wildman–Crippen MR) is 80.0 cm³/mol.